The van der Waals surface area contributed by atoms with E-state index in [-0.39, 0.29) is 5.91 Å². The van der Waals surface area contributed by atoms with Crippen LogP contribution in [0.1, 0.15) is 23.2 Å². The third kappa shape index (κ3) is 3.46. The zero-order valence-electron chi connectivity index (χ0n) is 9.98. The van der Waals surface area contributed by atoms with Crippen LogP contribution in [0.5, 0.6) is 0 Å². The van der Waals surface area contributed by atoms with E-state index in [4.69, 9.17) is 5.73 Å². The number of carbonyl (C=O) groups excluding carboxylic acids is 1. The molecule has 1 amide bonds. The molecule has 1 aliphatic heterocycles. The Labute approximate surface area is 102 Å². The molecule has 0 radical (unpaired) electrons. The molecular formula is C13H19N3O. The molecule has 17 heavy (non-hydrogen) atoms. The van der Waals surface area contributed by atoms with Gasteiger partial charge < -0.3 is 16.0 Å². The van der Waals surface area contributed by atoms with Crippen molar-refractivity contribution in [1.82, 2.24) is 4.90 Å². The molecule has 3 N–H and O–H groups in total. The molecular weight excluding hydrogens is 214 g/mol. The predicted octanol–water partition coefficient (Wildman–Crippen LogP) is 1.29. The molecule has 4 heteroatoms. The van der Waals surface area contributed by atoms with Crippen LogP contribution in [0.15, 0.2) is 24.3 Å². The van der Waals surface area contributed by atoms with Crippen LogP contribution < -0.4 is 11.1 Å². The number of hydrogen-bond donors (Lipinski definition) is 2. The van der Waals surface area contributed by atoms with Crippen LogP contribution in [0.3, 0.4) is 0 Å². The van der Waals surface area contributed by atoms with Crippen LogP contribution in [0.4, 0.5) is 5.69 Å². The van der Waals surface area contributed by atoms with Crippen molar-refractivity contribution in [2.24, 2.45) is 5.73 Å². The number of carbonyl (C=O) groups is 1. The highest BCUT2D eigenvalue weighted by molar-refractivity contribution is 5.93. The van der Waals surface area contributed by atoms with Crippen molar-refractivity contribution >= 4 is 11.6 Å². The molecule has 0 spiro atoms. The highest BCUT2D eigenvalue weighted by Gasteiger charge is 2.10. The normalized spacial score (nSPS) is 16.0. The molecule has 1 aliphatic rings. The Morgan fingerprint density at radius 2 is 2.12 bits per heavy atom. The van der Waals surface area contributed by atoms with Crippen molar-refractivity contribution < 1.29 is 4.79 Å². The van der Waals surface area contributed by atoms with Gasteiger partial charge in [0.05, 0.1) is 0 Å². The first-order valence-corrected chi connectivity index (χ1v) is 6.12. The molecule has 0 saturated carbocycles. The van der Waals surface area contributed by atoms with Gasteiger partial charge >= 0.3 is 0 Å². The summed E-state index contributed by atoms with van der Waals surface area (Å²) in [6.45, 7) is 4.38. The van der Waals surface area contributed by atoms with Crippen molar-refractivity contribution in [3.05, 3.63) is 29.8 Å². The molecule has 1 aromatic rings. The number of amides is 1. The van der Waals surface area contributed by atoms with Crippen molar-refractivity contribution in [3.8, 4) is 0 Å². The average Bonchev–Trinajstić information content (AvgIpc) is 2.82. The van der Waals surface area contributed by atoms with Crippen LogP contribution in [0.25, 0.3) is 0 Å². The van der Waals surface area contributed by atoms with E-state index in [1.54, 1.807) is 12.1 Å². The molecule has 0 bridgehead atoms. The molecule has 0 aliphatic carbocycles. The van der Waals surface area contributed by atoms with E-state index in [9.17, 15) is 4.79 Å². The van der Waals surface area contributed by atoms with Crippen molar-refractivity contribution in [1.29, 1.82) is 0 Å². The van der Waals surface area contributed by atoms with Crippen LogP contribution in [-0.4, -0.2) is 37.0 Å². The number of nitrogens with one attached hydrogen (secondary N) is 1. The lowest BCUT2D eigenvalue weighted by molar-refractivity contribution is 0.100. The third-order valence-electron chi connectivity index (χ3n) is 3.10. The number of anilines is 1. The molecule has 1 fully saturated rings. The molecule has 4 nitrogen and oxygen atoms in total. The molecule has 0 unspecified atom stereocenters. The van der Waals surface area contributed by atoms with Gasteiger partial charge in [0.25, 0.3) is 0 Å². The lowest BCUT2D eigenvalue weighted by atomic mass is 10.2. The Kier molecular flexibility index (Phi) is 3.98. The zero-order chi connectivity index (χ0) is 12.1. The monoisotopic (exact) mass is 233 g/mol. The summed E-state index contributed by atoms with van der Waals surface area (Å²) in [5, 5.41) is 3.32. The smallest absolute Gasteiger partial charge is 0.248 e. The first-order valence-electron chi connectivity index (χ1n) is 6.12. The summed E-state index contributed by atoms with van der Waals surface area (Å²) in [6.07, 6.45) is 2.63. The second-order valence-electron chi connectivity index (χ2n) is 4.42. The number of rotatable bonds is 5. The first kappa shape index (κ1) is 11.9. The van der Waals surface area contributed by atoms with E-state index in [0.717, 1.165) is 18.8 Å². The van der Waals surface area contributed by atoms with Crippen LogP contribution in [-0.2, 0) is 0 Å². The highest BCUT2D eigenvalue weighted by atomic mass is 16.1. The summed E-state index contributed by atoms with van der Waals surface area (Å²) < 4.78 is 0. The topological polar surface area (TPSA) is 58.4 Å². The maximum atomic E-state index is 11.0. The Morgan fingerprint density at radius 3 is 2.82 bits per heavy atom. The van der Waals surface area contributed by atoms with Crippen molar-refractivity contribution in [2.45, 2.75) is 12.8 Å². The van der Waals surface area contributed by atoms with Gasteiger partial charge in [0.15, 0.2) is 0 Å². The number of hydrogen-bond acceptors (Lipinski definition) is 3. The van der Waals surface area contributed by atoms with Crippen molar-refractivity contribution in [2.75, 3.05) is 31.5 Å². The summed E-state index contributed by atoms with van der Waals surface area (Å²) >= 11 is 0. The molecule has 92 valence electrons. The minimum atomic E-state index is -0.381. The molecule has 0 aromatic heterocycles. The van der Waals surface area contributed by atoms with Gasteiger partial charge in [0.2, 0.25) is 5.91 Å². The van der Waals surface area contributed by atoms with Gasteiger partial charge in [-0.05, 0) is 44.1 Å². The van der Waals surface area contributed by atoms with Gasteiger partial charge in [-0.15, -0.1) is 0 Å². The molecule has 1 saturated heterocycles. The summed E-state index contributed by atoms with van der Waals surface area (Å²) in [5.41, 5.74) is 6.75. The van der Waals surface area contributed by atoms with Gasteiger partial charge in [-0.3, -0.25) is 4.79 Å². The maximum Gasteiger partial charge on any atom is 0.248 e. The number of nitrogens with zero attached hydrogens (tertiary/aromatic N) is 1. The molecule has 2 rings (SSSR count). The van der Waals surface area contributed by atoms with E-state index < -0.39 is 0 Å². The lowest BCUT2D eigenvalue weighted by Crippen LogP contribution is -2.26. The largest absolute Gasteiger partial charge is 0.384 e. The standard InChI is InChI=1S/C13H19N3O/c14-13(17)11-4-3-5-12(10-11)15-6-9-16-7-1-2-8-16/h3-5,10,15H,1-2,6-9H2,(H2,14,17). The first-order chi connectivity index (χ1) is 8.25. The summed E-state index contributed by atoms with van der Waals surface area (Å²) in [7, 11) is 0. The zero-order valence-corrected chi connectivity index (χ0v) is 9.98. The van der Waals surface area contributed by atoms with Crippen molar-refractivity contribution in [3.63, 3.8) is 0 Å². The van der Waals surface area contributed by atoms with Gasteiger partial charge in [0.1, 0.15) is 0 Å². The summed E-state index contributed by atoms with van der Waals surface area (Å²) in [5.74, 6) is -0.381. The maximum absolute atomic E-state index is 11.0. The molecule has 1 heterocycles. The fraction of sp³-hybridized carbons (Fsp3) is 0.462. The number of primary amides is 1. The van der Waals surface area contributed by atoms with E-state index >= 15 is 0 Å². The fourth-order valence-electron chi connectivity index (χ4n) is 2.15. The van der Waals surface area contributed by atoms with Gasteiger partial charge in [-0.2, -0.15) is 0 Å². The predicted molar refractivity (Wildman–Crippen MR) is 69.1 cm³/mol. The Bertz CT molecular complexity index is 386. The lowest BCUT2D eigenvalue weighted by Gasteiger charge is -2.15. The average molecular weight is 233 g/mol. The Balaban J connectivity index is 1.81. The minimum Gasteiger partial charge on any atom is -0.384 e. The highest BCUT2D eigenvalue weighted by Crippen LogP contribution is 2.10. The van der Waals surface area contributed by atoms with Crippen LogP contribution >= 0.6 is 0 Å². The number of nitrogens with two attached hydrogens (primary N) is 1. The fourth-order valence-corrected chi connectivity index (χ4v) is 2.15. The van der Waals surface area contributed by atoms with Gasteiger partial charge in [-0.25, -0.2) is 0 Å². The summed E-state index contributed by atoms with van der Waals surface area (Å²) in [4.78, 5) is 13.5. The number of likely N-dealkylation sites (tertiary alicyclic amines) is 1. The van der Waals surface area contributed by atoms with E-state index in [1.165, 1.54) is 25.9 Å². The molecule has 1 aromatic carbocycles. The van der Waals surface area contributed by atoms with E-state index in [2.05, 4.69) is 10.2 Å². The van der Waals surface area contributed by atoms with E-state index in [1.807, 2.05) is 12.1 Å². The second-order valence-corrected chi connectivity index (χ2v) is 4.42. The van der Waals surface area contributed by atoms with Crippen LogP contribution in [0, 0.1) is 0 Å². The van der Waals surface area contributed by atoms with Crippen LogP contribution in [0.2, 0.25) is 0 Å². The van der Waals surface area contributed by atoms with Gasteiger partial charge in [0, 0.05) is 24.3 Å². The second kappa shape index (κ2) is 5.68. The third-order valence-corrected chi connectivity index (χ3v) is 3.10. The van der Waals surface area contributed by atoms with E-state index in [0.29, 0.717) is 5.56 Å². The SMILES string of the molecule is NC(=O)c1cccc(NCCN2CCCC2)c1. The Hall–Kier alpha value is -1.55. The summed E-state index contributed by atoms with van der Waals surface area (Å²) in [6, 6.07) is 7.33. The minimum absolute atomic E-state index is 0.381. The van der Waals surface area contributed by atoms with Gasteiger partial charge in [-0.1, -0.05) is 6.07 Å². The Morgan fingerprint density at radius 1 is 1.35 bits per heavy atom. The molecule has 0 atom stereocenters. The quantitative estimate of drug-likeness (QED) is 0.805. The number of benzene rings is 1.